The van der Waals surface area contributed by atoms with Crippen LogP contribution in [0.1, 0.15) is 25.3 Å². The minimum absolute atomic E-state index is 0.0179. The van der Waals surface area contributed by atoms with Gasteiger partial charge in [0.15, 0.2) is 10.8 Å². The van der Waals surface area contributed by atoms with E-state index in [1.807, 2.05) is 0 Å². The zero-order valence-electron chi connectivity index (χ0n) is 13.1. The Morgan fingerprint density at radius 1 is 1.29 bits per heavy atom. The van der Waals surface area contributed by atoms with E-state index in [0.717, 1.165) is 50.0 Å². The van der Waals surface area contributed by atoms with Gasteiger partial charge < -0.3 is 4.90 Å². The van der Waals surface area contributed by atoms with Crippen LogP contribution in [0.2, 0.25) is 0 Å². The normalized spacial score (nSPS) is 16.8. The van der Waals surface area contributed by atoms with Crippen molar-refractivity contribution in [3.8, 4) is 0 Å². The summed E-state index contributed by atoms with van der Waals surface area (Å²) in [5.41, 5.74) is -0.447. The second kappa shape index (κ2) is 6.62. The second-order valence-corrected chi connectivity index (χ2v) is 6.92. The Labute approximate surface area is 141 Å². The predicted octanol–water partition coefficient (Wildman–Crippen LogP) is 3.10. The Hall–Kier alpha value is -1.77. The monoisotopic (exact) mass is 358 g/mol. The molecule has 2 aromatic heterocycles. The molecule has 0 radical (unpaired) electrons. The van der Waals surface area contributed by atoms with Gasteiger partial charge in [0.1, 0.15) is 0 Å². The van der Waals surface area contributed by atoms with Gasteiger partial charge in [0.05, 0.1) is 11.3 Å². The van der Waals surface area contributed by atoms with Crippen LogP contribution in [0.15, 0.2) is 23.5 Å². The summed E-state index contributed by atoms with van der Waals surface area (Å²) in [5, 5.41) is 8.01. The number of halogens is 3. The van der Waals surface area contributed by atoms with Crippen molar-refractivity contribution in [2.75, 3.05) is 18.8 Å². The molecule has 0 aliphatic carbocycles. The lowest BCUT2D eigenvalue weighted by molar-refractivity contribution is -0.138. The molecule has 1 saturated heterocycles. The summed E-state index contributed by atoms with van der Waals surface area (Å²) in [7, 11) is 0. The third-order valence-corrected chi connectivity index (χ3v) is 5.09. The van der Waals surface area contributed by atoms with Gasteiger partial charge in [-0.3, -0.25) is 9.20 Å². The number of piperidine rings is 1. The van der Waals surface area contributed by atoms with Gasteiger partial charge in [0.2, 0.25) is 5.91 Å². The highest BCUT2D eigenvalue weighted by molar-refractivity contribution is 7.99. The number of amides is 1. The Kier molecular flexibility index (Phi) is 4.71. The molecule has 1 amide bonds. The molecule has 3 heterocycles. The summed E-state index contributed by atoms with van der Waals surface area (Å²) in [6, 6.07) is 2.24. The van der Waals surface area contributed by atoms with Gasteiger partial charge in [0.25, 0.3) is 0 Å². The third kappa shape index (κ3) is 3.66. The van der Waals surface area contributed by atoms with E-state index in [1.165, 1.54) is 10.5 Å². The standard InChI is InChI=1S/C15H17F3N4OS/c1-10-4-6-21(7-5-10)13(23)9-24-14-20-19-12-3-2-11(8-22(12)14)15(16,17)18/h2-3,8,10H,4-7,9H2,1H3. The van der Waals surface area contributed by atoms with Crippen molar-refractivity contribution in [1.82, 2.24) is 19.5 Å². The summed E-state index contributed by atoms with van der Waals surface area (Å²) in [5.74, 6) is 0.754. The molecule has 0 atom stereocenters. The van der Waals surface area contributed by atoms with Crippen LogP contribution in [0.25, 0.3) is 5.65 Å². The maximum atomic E-state index is 12.8. The molecule has 0 N–H and O–H groups in total. The van der Waals surface area contributed by atoms with Crippen LogP contribution in [-0.2, 0) is 11.0 Å². The van der Waals surface area contributed by atoms with Gasteiger partial charge >= 0.3 is 6.18 Å². The highest BCUT2D eigenvalue weighted by Gasteiger charge is 2.31. The number of hydrogen-bond donors (Lipinski definition) is 0. The molecule has 3 rings (SSSR count). The molecule has 5 nitrogen and oxygen atoms in total. The molecule has 0 aromatic carbocycles. The van der Waals surface area contributed by atoms with E-state index < -0.39 is 11.7 Å². The molecule has 0 saturated carbocycles. The Morgan fingerprint density at radius 3 is 2.67 bits per heavy atom. The quantitative estimate of drug-likeness (QED) is 0.791. The zero-order valence-corrected chi connectivity index (χ0v) is 13.9. The number of fused-ring (bicyclic) bond motifs is 1. The molecule has 1 aliphatic rings. The summed E-state index contributed by atoms with van der Waals surface area (Å²) in [6.45, 7) is 3.63. The minimum Gasteiger partial charge on any atom is -0.342 e. The van der Waals surface area contributed by atoms with Crippen molar-refractivity contribution in [2.45, 2.75) is 31.1 Å². The van der Waals surface area contributed by atoms with Crippen molar-refractivity contribution in [3.05, 3.63) is 23.9 Å². The van der Waals surface area contributed by atoms with Crippen molar-refractivity contribution in [3.63, 3.8) is 0 Å². The van der Waals surface area contributed by atoms with Crippen LogP contribution in [0.5, 0.6) is 0 Å². The maximum absolute atomic E-state index is 12.8. The van der Waals surface area contributed by atoms with Crippen LogP contribution >= 0.6 is 11.8 Å². The fourth-order valence-corrected chi connectivity index (χ4v) is 3.43. The number of carbonyl (C=O) groups is 1. The van der Waals surface area contributed by atoms with Crippen LogP contribution in [-0.4, -0.2) is 44.2 Å². The van der Waals surface area contributed by atoms with E-state index in [2.05, 4.69) is 17.1 Å². The van der Waals surface area contributed by atoms with Crippen LogP contribution in [0.3, 0.4) is 0 Å². The first-order chi connectivity index (χ1) is 11.3. The Morgan fingerprint density at radius 2 is 2.00 bits per heavy atom. The van der Waals surface area contributed by atoms with Crippen LogP contribution < -0.4 is 0 Å². The number of hydrogen-bond acceptors (Lipinski definition) is 4. The van der Waals surface area contributed by atoms with Gasteiger partial charge in [-0.2, -0.15) is 13.2 Å². The van der Waals surface area contributed by atoms with Crippen LogP contribution in [0.4, 0.5) is 13.2 Å². The smallest absolute Gasteiger partial charge is 0.342 e. The lowest BCUT2D eigenvalue weighted by atomic mass is 9.99. The predicted molar refractivity (Wildman–Crippen MR) is 83.7 cm³/mol. The number of thioether (sulfide) groups is 1. The first-order valence-corrected chi connectivity index (χ1v) is 8.65. The van der Waals surface area contributed by atoms with Gasteiger partial charge in [-0.1, -0.05) is 18.7 Å². The molecule has 2 aromatic rings. The summed E-state index contributed by atoms with van der Waals surface area (Å²) >= 11 is 1.11. The molecular weight excluding hydrogens is 341 g/mol. The van der Waals surface area contributed by atoms with Crippen molar-refractivity contribution in [2.24, 2.45) is 5.92 Å². The number of carbonyl (C=O) groups excluding carboxylic acids is 1. The number of likely N-dealkylation sites (tertiary alicyclic amines) is 1. The average molecular weight is 358 g/mol. The number of pyridine rings is 1. The zero-order chi connectivity index (χ0) is 17.3. The van der Waals surface area contributed by atoms with Gasteiger partial charge in [-0.15, -0.1) is 10.2 Å². The topological polar surface area (TPSA) is 50.5 Å². The first-order valence-electron chi connectivity index (χ1n) is 7.67. The fraction of sp³-hybridized carbons (Fsp3) is 0.533. The van der Waals surface area contributed by atoms with Crippen molar-refractivity contribution < 1.29 is 18.0 Å². The third-order valence-electron chi connectivity index (χ3n) is 4.16. The van der Waals surface area contributed by atoms with Crippen LogP contribution in [0, 0.1) is 5.92 Å². The second-order valence-electron chi connectivity index (χ2n) is 5.98. The number of nitrogens with zero attached hydrogens (tertiary/aromatic N) is 4. The van der Waals surface area contributed by atoms with E-state index in [0.29, 0.717) is 11.6 Å². The van der Waals surface area contributed by atoms with Crippen molar-refractivity contribution >= 4 is 23.3 Å². The lowest BCUT2D eigenvalue weighted by Gasteiger charge is -2.30. The van der Waals surface area contributed by atoms with E-state index in [4.69, 9.17) is 0 Å². The fourth-order valence-electron chi connectivity index (χ4n) is 2.61. The number of aromatic nitrogens is 3. The number of rotatable bonds is 3. The van der Waals surface area contributed by atoms with E-state index in [1.54, 1.807) is 4.90 Å². The first kappa shape index (κ1) is 17.1. The SMILES string of the molecule is CC1CCN(C(=O)CSc2nnc3ccc(C(F)(F)F)cn23)CC1. The maximum Gasteiger partial charge on any atom is 0.417 e. The molecule has 130 valence electrons. The largest absolute Gasteiger partial charge is 0.417 e. The molecule has 9 heteroatoms. The van der Waals surface area contributed by atoms with Gasteiger partial charge in [0, 0.05) is 19.3 Å². The van der Waals surface area contributed by atoms with E-state index in [9.17, 15) is 18.0 Å². The van der Waals surface area contributed by atoms with Crippen molar-refractivity contribution in [1.29, 1.82) is 0 Å². The summed E-state index contributed by atoms with van der Waals surface area (Å²) in [4.78, 5) is 14.0. The van der Waals surface area contributed by atoms with E-state index >= 15 is 0 Å². The summed E-state index contributed by atoms with van der Waals surface area (Å²) in [6.07, 6.45) is -1.50. The molecular formula is C15H17F3N4OS. The van der Waals surface area contributed by atoms with E-state index in [-0.39, 0.29) is 16.8 Å². The minimum atomic E-state index is -4.43. The molecule has 1 aliphatic heterocycles. The summed E-state index contributed by atoms with van der Waals surface area (Å²) < 4.78 is 39.7. The van der Waals surface area contributed by atoms with Gasteiger partial charge in [-0.25, -0.2) is 0 Å². The highest BCUT2D eigenvalue weighted by atomic mass is 32.2. The molecule has 24 heavy (non-hydrogen) atoms. The molecule has 0 unspecified atom stereocenters. The molecule has 1 fully saturated rings. The van der Waals surface area contributed by atoms with Gasteiger partial charge in [-0.05, 0) is 30.9 Å². The number of alkyl halides is 3. The average Bonchev–Trinajstić information content (AvgIpc) is 2.95. The lowest BCUT2D eigenvalue weighted by Crippen LogP contribution is -2.38. The highest BCUT2D eigenvalue weighted by Crippen LogP contribution is 2.30. The molecule has 0 spiro atoms. The Balaban J connectivity index is 1.70. The Bertz CT molecular complexity index is 738. The molecule has 0 bridgehead atoms.